The van der Waals surface area contributed by atoms with Crippen molar-refractivity contribution >= 4 is 39.5 Å². The van der Waals surface area contributed by atoms with Crippen LogP contribution in [0.2, 0.25) is 0 Å². The number of aliphatic hydroxyl groups is 1. The lowest BCUT2D eigenvalue weighted by molar-refractivity contribution is -0.161. The van der Waals surface area contributed by atoms with Gasteiger partial charge in [0, 0.05) is 25.7 Å². The smallest absolute Gasteiger partial charge is 0.462 e. The van der Waals surface area contributed by atoms with Crippen LogP contribution >= 0.6 is 15.6 Å². The topological polar surface area (TPSA) is 237 Å². The number of hydrogen-bond acceptors (Lipinski definition) is 15. The van der Waals surface area contributed by atoms with Crippen LogP contribution in [0.5, 0.6) is 0 Å². The maximum absolute atomic E-state index is 13.1. The van der Waals surface area contributed by atoms with Gasteiger partial charge >= 0.3 is 39.5 Å². The number of carbonyl (C=O) groups excluding carboxylic acids is 4. The lowest BCUT2D eigenvalue weighted by Crippen LogP contribution is -2.30. The number of carbonyl (C=O) groups is 4. The van der Waals surface area contributed by atoms with E-state index in [4.69, 9.17) is 37.0 Å². The number of ether oxygens (including phenoxy) is 4. The molecule has 0 rings (SSSR count). The number of phosphoric ester groups is 2. The van der Waals surface area contributed by atoms with E-state index < -0.39 is 97.5 Å². The zero-order valence-corrected chi connectivity index (χ0v) is 69.0. The minimum atomic E-state index is -4.97. The summed E-state index contributed by atoms with van der Waals surface area (Å²) in [5.41, 5.74) is 0. The highest BCUT2D eigenvalue weighted by Gasteiger charge is 2.30. The summed E-state index contributed by atoms with van der Waals surface area (Å²) in [5.74, 6) is -2.14. The monoisotopic (exact) mass is 1520 g/mol. The van der Waals surface area contributed by atoms with Gasteiger partial charge < -0.3 is 33.8 Å². The van der Waals surface area contributed by atoms with E-state index in [-0.39, 0.29) is 25.7 Å². The van der Waals surface area contributed by atoms with E-state index in [0.717, 1.165) is 128 Å². The van der Waals surface area contributed by atoms with Gasteiger partial charge in [-0.05, 0) is 83.5 Å². The Hall–Kier alpha value is -2.72. The van der Waals surface area contributed by atoms with Gasteiger partial charge in [-0.15, -0.1) is 0 Å². The van der Waals surface area contributed by atoms with E-state index >= 15 is 0 Å². The fourth-order valence-electron chi connectivity index (χ4n) is 12.5. The number of rotatable bonds is 83. The molecule has 104 heavy (non-hydrogen) atoms. The highest BCUT2D eigenvalue weighted by molar-refractivity contribution is 7.47. The Morgan fingerprint density at radius 1 is 0.269 bits per heavy atom. The van der Waals surface area contributed by atoms with E-state index in [0.29, 0.717) is 25.7 Å². The summed E-state index contributed by atoms with van der Waals surface area (Å²) < 4.78 is 68.8. The summed E-state index contributed by atoms with van der Waals surface area (Å²) in [6.45, 7) is 4.96. The summed E-state index contributed by atoms with van der Waals surface area (Å²) >= 11 is 0. The van der Waals surface area contributed by atoms with Crippen molar-refractivity contribution in [3.63, 3.8) is 0 Å². The molecule has 17 nitrogen and oxygen atoms in total. The van der Waals surface area contributed by atoms with Gasteiger partial charge in [0.25, 0.3) is 0 Å². The van der Waals surface area contributed by atoms with Gasteiger partial charge in [-0.3, -0.25) is 37.3 Å². The number of aliphatic hydroxyl groups excluding tert-OH is 1. The maximum Gasteiger partial charge on any atom is 0.472 e. The molecule has 0 aromatic heterocycles. The Balaban J connectivity index is 5.32. The molecule has 2 unspecified atom stereocenters. The second-order valence-electron chi connectivity index (χ2n) is 29.5. The van der Waals surface area contributed by atoms with E-state index in [1.165, 1.54) is 218 Å². The molecule has 0 spiro atoms. The van der Waals surface area contributed by atoms with Crippen LogP contribution in [-0.4, -0.2) is 96.7 Å². The van der Waals surface area contributed by atoms with E-state index in [1.54, 1.807) is 0 Å². The third-order valence-corrected chi connectivity index (χ3v) is 21.0. The van der Waals surface area contributed by atoms with Crippen LogP contribution in [0, 0.1) is 0 Å². The van der Waals surface area contributed by atoms with Crippen LogP contribution in [0.1, 0.15) is 426 Å². The standard InChI is InChI=1S/C85H160O17P2/c1-5-9-13-17-21-25-29-33-37-39-43-46-50-54-58-62-66-70-83(88)96-76-81(102-85(90)72-68-64-60-56-52-48-44-40-38-34-30-26-22-18-14-10-6-2)78-100-104(93,94)98-74-79(86)73-97-103(91,92)99-77-80(101-84(89)71-67-63-59-55-51-47-42-36-32-28-24-20-16-12-8-4)75-95-82(87)69-65-61-57-53-49-45-41-35-31-27-23-19-15-11-7-3/h23,27,35-36,41-42,79-81,86H,5-22,24-26,28-34,37-40,43-78H2,1-4H3,(H,91,92)(H,93,94)/b27-23-,41-35-,42-36-/t79-,80-,81-/m1/s1. The van der Waals surface area contributed by atoms with Crippen molar-refractivity contribution in [3.8, 4) is 0 Å². The second kappa shape index (κ2) is 78.4. The average molecular weight is 1520 g/mol. The van der Waals surface area contributed by atoms with Crippen molar-refractivity contribution in [3.05, 3.63) is 36.5 Å². The number of esters is 4. The van der Waals surface area contributed by atoms with E-state index in [1.807, 2.05) is 0 Å². The molecule has 0 aliphatic carbocycles. The molecule has 0 aromatic carbocycles. The molecule has 0 saturated heterocycles. The highest BCUT2D eigenvalue weighted by atomic mass is 31.2. The number of unbranched alkanes of at least 4 members (excludes halogenated alkanes) is 51. The lowest BCUT2D eigenvalue weighted by Gasteiger charge is -2.21. The summed E-state index contributed by atoms with van der Waals surface area (Å²) in [6.07, 6.45) is 76.7. The molecule has 0 aromatic rings. The van der Waals surface area contributed by atoms with Gasteiger partial charge in [0.1, 0.15) is 19.3 Å². The Labute approximate surface area is 636 Å². The fraction of sp³-hybridized carbons (Fsp3) is 0.882. The van der Waals surface area contributed by atoms with Crippen molar-refractivity contribution in [1.29, 1.82) is 0 Å². The van der Waals surface area contributed by atoms with Gasteiger partial charge in [-0.2, -0.15) is 0 Å². The van der Waals surface area contributed by atoms with Gasteiger partial charge in [0.05, 0.1) is 26.4 Å². The van der Waals surface area contributed by atoms with Crippen molar-refractivity contribution < 1.29 is 80.2 Å². The molecular formula is C85H160O17P2. The predicted molar refractivity (Wildman–Crippen MR) is 428 cm³/mol. The van der Waals surface area contributed by atoms with Crippen LogP contribution in [-0.2, 0) is 65.4 Å². The highest BCUT2D eigenvalue weighted by Crippen LogP contribution is 2.45. The van der Waals surface area contributed by atoms with E-state index in [9.17, 15) is 43.2 Å². The minimum absolute atomic E-state index is 0.0883. The third-order valence-electron chi connectivity index (χ3n) is 19.1. The molecule has 0 amide bonds. The maximum atomic E-state index is 13.1. The lowest BCUT2D eigenvalue weighted by atomic mass is 10.0. The van der Waals surface area contributed by atoms with Gasteiger partial charge in [0.2, 0.25) is 0 Å². The normalized spacial score (nSPS) is 14.0. The SMILES string of the molecule is CCCCC/C=C\C/C=C\CCCCCCCC(=O)OC[C@H](COP(=O)(O)OC[C@@H](O)COP(=O)(O)OC[C@@H](COC(=O)CCCCCCCCCCCCCCCCCCC)OC(=O)CCCCCCCCCCCCCCCCCCC)OC(=O)CCCCCCC/C=C\CCCCCCCC. The summed E-state index contributed by atoms with van der Waals surface area (Å²) in [5, 5.41) is 10.7. The summed E-state index contributed by atoms with van der Waals surface area (Å²) in [6, 6.07) is 0. The minimum Gasteiger partial charge on any atom is -0.462 e. The van der Waals surface area contributed by atoms with Crippen LogP contribution < -0.4 is 0 Å². The van der Waals surface area contributed by atoms with Crippen molar-refractivity contribution in [2.75, 3.05) is 39.6 Å². The molecule has 0 bridgehead atoms. The molecule has 0 radical (unpaired) electrons. The van der Waals surface area contributed by atoms with Crippen LogP contribution in [0.15, 0.2) is 36.5 Å². The van der Waals surface area contributed by atoms with Crippen molar-refractivity contribution in [1.82, 2.24) is 0 Å². The van der Waals surface area contributed by atoms with Gasteiger partial charge in [-0.25, -0.2) is 9.13 Å². The molecule has 19 heteroatoms. The van der Waals surface area contributed by atoms with Crippen LogP contribution in [0.3, 0.4) is 0 Å². The molecular weight excluding hydrogens is 1350 g/mol. The average Bonchev–Trinajstić information content (AvgIpc) is 0.926. The van der Waals surface area contributed by atoms with E-state index in [2.05, 4.69) is 64.2 Å². The third kappa shape index (κ3) is 77.4. The first-order valence-electron chi connectivity index (χ1n) is 43.2. The molecule has 612 valence electrons. The Morgan fingerprint density at radius 3 is 0.740 bits per heavy atom. The largest absolute Gasteiger partial charge is 0.472 e. The molecule has 5 atom stereocenters. The molecule has 0 heterocycles. The zero-order valence-electron chi connectivity index (χ0n) is 67.2. The van der Waals surface area contributed by atoms with Crippen LogP contribution in [0.25, 0.3) is 0 Å². The number of allylic oxidation sites excluding steroid dienone is 6. The number of phosphoric acid groups is 2. The fourth-order valence-corrected chi connectivity index (χ4v) is 14.1. The van der Waals surface area contributed by atoms with Gasteiger partial charge in [-0.1, -0.05) is 353 Å². The zero-order chi connectivity index (χ0) is 76.0. The molecule has 0 aliphatic heterocycles. The van der Waals surface area contributed by atoms with Gasteiger partial charge in [0.15, 0.2) is 12.2 Å². The van der Waals surface area contributed by atoms with Crippen molar-refractivity contribution in [2.45, 2.75) is 444 Å². The summed E-state index contributed by atoms with van der Waals surface area (Å²) in [4.78, 5) is 73.2. The first-order valence-corrected chi connectivity index (χ1v) is 46.2. The summed E-state index contributed by atoms with van der Waals surface area (Å²) in [7, 11) is -9.94. The molecule has 0 saturated carbocycles. The van der Waals surface area contributed by atoms with Crippen LogP contribution in [0.4, 0.5) is 0 Å². The molecule has 0 aliphatic rings. The Bertz CT molecular complexity index is 2110. The first kappa shape index (κ1) is 101. The number of hydrogen-bond donors (Lipinski definition) is 3. The van der Waals surface area contributed by atoms with Crippen molar-refractivity contribution in [2.24, 2.45) is 0 Å². The predicted octanol–water partition coefficient (Wildman–Crippen LogP) is 25.5. The Kier molecular flexibility index (Phi) is 76.4. The quantitative estimate of drug-likeness (QED) is 0.0169. The Morgan fingerprint density at radius 2 is 0.471 bits per heavy atom. The molecule has 0 fully saturated rings. The second-order valence-corrected chi connectivity index (χ2v) is 32.4. The first-order chi connectivity index (χ1) is 50.7. The molecule has 3 N–H and O–H groups in total.